The molecule has 1 amide bonds. The molecular weight excluding hydrogens is 394 g/mol. The Morgan fingerprint density at radius 2 is 1.97 bits per heavy atom. The molecule has 2 fully saturated rings. The molecule has 2 saturated heterocycles. The van der Waals surface area contributed by atoms with E-state index in [0.717, 1.165) is 36.1 Å². The zero-order valence-electron chi connectivity index (χ0n) is 17.4. The van der Waals surface area contributed by atoms with Crippen LogP contribution in [0.15, 0.2) is 54.1 Å². The topological polar surface area (TPSA) is 76.1 Å². The van der Waals surface area contributed by atoms with Crippen LogP contribution in [0.3, 0.4) is 0 Å². The third kappa shape index (κ3) is 3.51. The number of amides is 1. The number of aliphatic hydroxyl groups is 1. The first-order valence-electron chi connectivity index (χ1n) is 10.8. The number of ether oxygens (including phenoxy) is 2. The Bertz CT molecular complexity index is 1050. The summed E-state index contributed by atoms with van der Waals surface area (Å²) in [5, 5.41) is 11.2. The number of aliphatic hydroxyl groups excluding tert-OH is 1. The summed E-state index contributed by atoms with van der Waals surface area (Å²) in [6.07, 6.45) is 2.52. The summed E-state index contributed by atoms with van der Waals surface area (Å²) in [4.78, 5) is 27.7. The van der Waals surface area contributed by atoms with E-state index < -0.39 is 17.7 Å². The van der Waals surface area contributed by atoms with E-state index in [2.05, 4.69) is 0 Å². The van der Waals surface area contributed by atoms with E-state index in [1.807, 2.05) is 49.4 Å². The quantitative estimate of drug-likeness (QED) is 0.466. The summed E-state index contributed by atoms with van der Waals surface area (Å²) in [5.74, 6) is -0.606. The first kappa shape index (κ1) is 19.8. The van der Waals surface area contributed by atoms with Gasteiger partial charge in [-0.1, -0.05) is 30.3 Å². The standard InChI is InChI=1S/C25H25NO5/c1-15-12-18-13-17(9-10-20(18)31-15)23(27)21-22(16-6-3-2-4-7-16)26(25(29)24(21)28)14-19-8-5-11-30-19/h2-4,6-7,9-10,13,15,19,22,27H,5,8,11-12,14H2,1H3/t15-,19-,22+/m1/s1. The highest BCUT2D eigenvalue weighted by Crippen LogP contribution is 2.41. The van der Waals surface area contributed by atoms with E-state index in [-0.39, 0.29) is 23.5 Å². The van der Waals surface area contributed by atoms with Gasteiger partial charge in [0.25, 0.3) is 11.7 Å². The van der Waals surface area contributed by atoms with Crippen molar-refractivity contribution >= 4 is 17.4 Å². The number of hydrogen-bond donors (Lipinski definition) is 1. The lowest BCUT2D eigenvalue weighted by Gasteiger charge is -2.27. The van der Waals surface area contributed by atoms with Crippen molar-refractivity contribution in [2.24, 2.45) is 0 Å². The fourth-order valence-corrected chi connectivity index (χ4v) is 4.78. The zero-order chi connectivity index (χ0) is 21.5. The van der Waals surface area contributed by atoms with E-state index in [9.17, 15) is 14.7 Å². The van der Waals surface area contributed by atoms with Gasteiger partial charge in [-0.25, -0.2) is 0 Å². The predicted octanol–water partition coefficient (Wildman–Crippen LogP) is 3.61. The van der Waals surface area contributed by atoms with Crippen molar-refractivity contribution in [3.63, 3.8) is 0 Å². The largest absolute Gasteiger partial charge is 0.507 e. The molecule has 0 radical (unpaired) electrons. The molecule has 2 aromatic rings. The second kappa shape index (κ2) is 7.85. The SMILES string of the molecule is C[C@@H]1Cc2cc(C(O)=C3C(=O)C(=O)N(C[C@H]4CCCO4)[C@H]3c3ccccc3)ccc2O1. The number of carbonyl (C=O) groups is 2. The molecule has 0 spiro atoms. The Labute approximate surface area is 181 Å². The molecule has 0 bridgehead atoms. The number of likely N-dealkylation sites (tertiary alicyclic amines) is 1. The maximum atomic E-state index is 13.1. The number of rotatable bonds is 4. The summed E-state index contributed by atoms with van der Waals surface area (Å²) < 4.78 is 11.5. The first-order chi connectivity index (χ1) is 15.0. The summed E-state index contributed by atoms with van der Waals surface area (Å²) in [6, 6.07) is 14.1. The first-order valence-corrected chi connectivity index (χ1v) is 10.8. The van der Waals surface area contributed by atoms with Crippen LogP contribution in [0.25, 0.3) is 5.76 Å². The average molecular weight is 419 g/mol. The third-order valence-corrected chi connectivity index (χ3v) is 6.25. The number of ketones is 1. The Morgan fingerprint density at radius 3 is 2.71 bits per heavy atom. The number of fused-ring (bicyclic) bond motifs is 1. The van der Waals surface area contributed by atoms with Gasteiger partial charge in [-0.05, 0) is 49.1 Å². The van der Waals surface area contributed by atoms with Gasteiger partial charge in [-0.2, -0.15) is 0 Å². The molecule has 3 atom stereocenters. The van der Waals surface area contributed by atoms with Crippen LogP contribution in [-0.4, -0.2) is 47.1 Å². The highest BCUT2D eigenvalue weighted by atomic mass is 16.5. The maximum absolute atomic E-state index is 13.1. The summed E-state index contributed by atoms with van der Waals surface area (Å²) in [5.41, 5.74) is 2.43. The predicted molar refractivity (Wildman–Crippen MR) is 115 cm³/mol. The molecule has 3 aliphatic heterocycles. The van der Waals surface area contributed by atoms with Crippen molar-refractivity contribution < 1.29 is 24.2 Å². The summed E-state index contributed by atoms with van der Waals surface area (Å²) in [6.45, 7) is 2.99. The molecule has 0 aromatic heterocycles. The van der Waals surface area contributed by atoms with Crippen LogP contribution in [0.5, 0.6) is 5.75 Å². The van der Waals surface area contributed by atoms with E-state index in [1.165, 1.54) is 0 Å². The van der Waals surface area contributed by atoms with Gasteiger partial charge >= 0.3 is 0 Å². The van der Waals surface area contributed by atoms with E-state index in [1.54, 1.807) is 11.0 Å². The Kier molecular flexibility index (Phi) is 5.02. The molecule has 0 unspecified atom stereocenters. The number of benzene rings is 2. The van der Waals surface area contributed by atoms with Crippen LogP contribution in [0, 0.1) is 0 Å². The highest BCUT2D eigenvalue weighted by Gasteiger charge is 2.47. The van der Waals surface area contributed by atoms with Gasteiger partial charge in [-0.3, -0.25) is 9.59 Å². The minimum Gasteiger partial charge on any atom is -0.507 e. The number of hydrogen-bond acceptors (Lipinski definition) is 5. The molecule has 0 saturated carbocycles. The number of nitrogens with zero attached hydrogens (tertiary/aromatic N) is 1. The van der Waals surface area contributed by atoms with E-state index in [0.29, 0.717) is 18.7 Å². The molecule has 6 heteroatoms. The van der Waals surface area contributed by atoms with Crippen LogP contribution < -0.4 is 4.74 Å². The lowest BCUT2D eigenvalue weighted by Crippen LogP contribution is -2.36. The minimum atomic E-state index is -0.658. The molecule has 6 nitrogen and oxygen atoms in total. The van der Waals surface area contributed by atoms with Gasteiger partial charge in [0.2, 0.25) is 0 Å². The maximum Gasteiger partial charge on any atom is 0.295 e. The van der Waals surface area contributed by atoms with Crippen molar-refractivity contribution in [1.29, 1.82) is 0 Å². The number of carbonyl (C=O) groups excluding carboxylic acids is 2. The molecular formula is C25H25NO5. The summed E-state index contributed by atoms with van der Waals surface area (Å²) in [7, 11) is 0. The second-order valence-electron chi connectivity index (χ2n) is 8.45. The molecule has 1 N–H and O–H groups in total. The van der Waals surface area contributed by atoms with Crippen LogP contribution in [-0.2, 0) is 20.7 Å². The van der Waals surface area contributed by atoms with Crippen LogP contribution in [0.2, 0.25) is 0 Å². The van der Waals surface area contributed by atoms with Gasteiger partial charge in [-0.15, -0.1) is 0 Å². The Hall–Kier alpha value is -3.12. The van der Waals surface area contributed by atoms with Crippen LogP contribution in [0.4, 0.5) is 0 Å². The fraction of sp³-hybridized carbons (Fsp3) is 0.360. The van der Waals surface area contributed by atoms with Crippen molar-refractivity contribution in [2.45, 2.75) is 44.4 Å². The van der Waals surface area contributed by atoms with Crippen molar-refractivity contribution in [1.82, 2.24) is 4.90 Å². The zero-order valence-corrected chi connectivity index (χ0v) is 17.4. The van der Waals surface area contributed by atoms with Gasteiger partial charge < -0.3 is 19.5 Å². The highest BCUT2D eigenvalue weighted by molar-refractivity contribution is 6.46. The smallest absolute Gasteiger partial charge is 0.295 e. The van der Waals surface area contributed by atoms with Gasteiger partial charge in [0.1, 0.15) is 17.6 Å². The Morgan fingerprint density at radius 1 is 1.16 bits per heavy atom. The minimum absolute atomic E-state index is 0.0775. The van der Waals surface area contributed by atoms with Gasteiger partial charge in [0.15, 0.2) is 0 Å². The second-order valence-corrected chi connectivity index (χ2v) is 8.45. The average Bonchev–Trinajstić information content (AvgIpc) is 3.48. The molecule has 31 heavy (non-hydrogen) atoms. The Balaban J connectivity index is 1.59. The lowest BCUT2D eigenvalue weighted by atomic mass is 9.94. The van der Waals surface area contributed by atoms with Crippen molar-refractivity contribution in [3.05, 3.63) is 70.8 Å². The van der Waals surface area contributed by atoms with Crippen molar-refractivity contribution in [3.8, 4) is 5.75 Å². The molecule has 2 aromatic carbocycles. The molecule has 3 heterocycles. The third-order valence-electron chi connectivity index (χ3n) is 6.25. The summed E-state index contributed by atoms with van der Waals surface area (Å²) >= 11 is 0. The van der Waals surface area contributed by atoms with E-state index >= 15 is 0 Å². The normalized spacial score (nSPS) is 26.9. The molecule has 3 aliphatic rings. The van der Waals surface area contributed by atoms with Crippen LogP contribution >= 0.6 is 0 Å². The van der Waals surface area contributed by atoms with E-state index in [4.69, 9.17) is 9.47 Å². The van der Waals surface area contributed by atoms with Crippen molar-refractivity contribution in [2.75, 3.05) is 13.2 Å². The van der Waals surface area contributed by atoms with Crippen LogP contribution in [0.1, 0.15) is 42.5 Å². The fourth-order valence-electron chi connectivity index (χ4n) is 4.78. The van der Waals surface area contributed by atoms with Gasteiger partial charge in [0, 0.05) is 25.1 Å². The van der Waals surface area contributed by atoms with Gasteiger partial charge in [0.05, 0.1) is 17.7 Å². The molecule has 0 aliphatic carbocycles. The molecule has 160 valence electrons. The number of Topliss-reactive ketones (excluding diaryl/α,β-unsaturated/α-hetero) is 1. The molecule has 5 rings (SSSR count). The monoisotopic (exact) mass is 419 g/mol. The lowest BCUT2D eigenvalue weighted by molar-refractivity contribution is -0.140.